The summed E-state index contributed by atoms with van der Waals surface area (Å²) in [5, 5.41) is 14.5. The SMILES string of the molecule is Cc1nc2ccc(Oc3ccc4ncc(-c5cnn([C@H]6C[C@H](N7CC(O)C7)C6)c5)nc4c3Cl)cc2[nH]1. The molecule has 7 rings (SSSR count). The van der Waals surface area contributed by atoms with Gasteiger partial charge in [-0.3, -0.25) is 14.6 Å². The van der Waals surface area contributed by atoms with Crippen molar-refractivity contribution in [2.45, 2.75) is 38.0 Å². The first-order valence-corrected chi connectivity index (χ1v) is 12.4. The van der Waals surface area contributed by atoms with Crippen molar-refractivity contribution in [3.05, 3.63) is 59.8 Å². The second kappa shape index (κ2) is 8.26. The Kier molecular flexibility index (Phi) is 4.99. The molecule has 2 aliphatic rings. The Hall–Kier alpha value is -3.53. The number of halogens is 1. The molecule has 1 aliphatic heterocycles. The predicted octanol–water partition coefficient (Wildman–Crippen LogP) is 4.50. The topological polar surface area (TPSA) is 105 Å². The van der Waals surface area contributed by atoms with Crippen LogP contribution in [0, 0.1) is 6.92 Å². The van der Waals surface area contributed by atoms with Gasteiger partial charge in [0.15, 0.2) is 0 Å². The molecule has 0 bridgehead atoms. The van der Waals surface area contributed by atoms with Gasteiger partial charge in [0.2, 0.25) is 0 Å². The number of aliphatic hydroxyl groups excluding tert-OH is 1. The van der Waals surface area contributed by atoms with Crippen LogP contribution in [0.25, 0.3) is 33.3 Å². The minimum absolute atomic E-state index is 0.158. The van der Waals surface area contributed by atoms with Gasteiger partial charge < -0.3 is 14.8 Å². The zero-order valence-electron chi connectivity index (χ0n) is 19.6. The standard InChI is InChI=1S/C26H24ClN7O2/c1-14-30-20-3-2-19(8-22(20)31-14)36-24-5-4-21-26(25(24)27)32-23(10-28-21)15-9-29-34(11-15)17-6-16(7-17)33-12-18(35)13-33/h2-5,8-11,16-18,35H,6-7,12-13H2,1H3,(H,30,31)/t16-,17-. The number of likely N-dealkylation sites (tertiary alicyclic amines) is 1. The number of β-amino-alcohol motifs (C(OH)–C–C–N with tert-alkyl or cyclic N) is 1. The lowest BCUT2D eigenvalue weighted by molar-refractivity contribution is -0.0576. The Morgan fingerprint density at radius 1 is 1.06 bits per heavy atom. The number of hydrogen-bond donors (Lipinski definition) is 2. The molecule has 10 heteroatoms. The van der Waals surface area contributed by atoms with Gasteiger partial charge in [-0.2, -0.15) is 5.10 Å². The number of nitrogens with one attached hydrogen (secondary N) is 1. The third-order valence-electron chi connectivity index (χ3n) is 7.18. The smallest absolute Gasteiger partial charge is 0.148 e. The highest BCUT2D eigenvalue weighted by Crippen LogP contribution is 2.39. The van der Waals surface area contributed by atoms with Crippen LogP contribution in [0.15, 0.2) is 48.9 Å². The highest BCUT2D eigenvalue weighted by Gasteiger charge is 2.40. The summed E-state index contributed by atoms with van der Waals surface area (Å²) in [6.07, 6.45) is 7.54. The second-order valence-corrected chi connectivity index (χ2v) is 10.1. The Morgan fingerprint density at radius 3 is 2.72 bits per heavy atom. The minimum atomic E-state index is -0.158. The van der Waals surface area contributed by atoms with Crippen LogP contribution >= 0.6 is 11.6 Å². The molecular formula is C26H24ClN7O2. The number of H-pyrrole nitrogens is 1. The predicted molar refractivity (Wildman–Crippen MR) is 136 cm³/mol. The lowest BCUT2D eigenvalue weighted by Gasteiger charge is -2.49. The number of rotatable bonds is 5. The quantitative estimate of drug-likeness (QED) is 0.365. The summed E-state index contributed by atoms with van der Waals surface area (Å²) in [5.74, 6) is 2.02. The van der Waals surface area contributed by atoms with Crippen LogP contribution in [0.3, 0.4) is 0 Å². The summed E-state index contributed by atoms with van der Waals surface area (Å²) in [6.45, 7) is 3.50. The van der Waals surface area contributed by atoms with E-state index in [-0.39, 0.29) is 6.10 Å². The molecule has 3 aromatic heterocycles. The number of fused-ring (bicyclic) bond motifs is 2. The van der Waals surface area contributed by atoms with E-state index in [9.17, 15) is 5.11 Å². The van der Waals surface area contributed by atoms with E-state index < -0.39 is 0 Å². The van der Waals surface area contributed by atoms with Gasteiger partial charge >= 0.3 is 0 Å². The number of benzene rings is 2. The zero-order chi connectivity index (χ0) is 24.4. The maximum atomic E-state index is 9.53. The molecule has 0 amide bonds. The molecule has 0 radical (unpaired) electrons. The second-order valence-electron chi connectivity index (χ2n) is 9.70. The molecular weight excluding hydrogens is 478 g/mol. The molecule has 2 aromatic carbocycles. The van der Waals surface area contributed by atoms with Crippen LogP contribution in [0.4, 0.5) is 0 Å². The minimum Gasteiger partial charge on any atom is -0.456 e. The van der Waals surface area contributed by atoms with Crippen molar-refractivity contribution in [2.24, 2.45) is 0 Å². The molecule has 4 heterocycles. The summed E-state index contributed by atoms with van der Waals surface area (Å²) in [5.41, 5.74) is 4.68. The van der Waals surface area contributed by atoms with Crippen molar-refractivity contribution in [1.82, 2.24) is 34.6 Å². The molecule has 2 fully saturated rings. The summed E-state index contributed by atoms with van der Waals surface area (Å²) >= 11 is 6.74. The number of aromatic amines is 1. The van der Waals surface area contributed by atoms with Gasteiger partial charge in [0.25, 0.3) is 0 Å². The molecule has 1 saturated heterocycles. The van der Waals surface area contributed by atoms with Crippen LogP contribution in [-0.4, -0.2) is 65.0 Å². The Bertz CT molecular complexity index is 1600. The van der Waals surface area contributed by atoms with Crippen molar-refractivity contribution in [3.63, 3.8) is 0 Å². The molecule has 2 N–H and O–H groups in total. The summed E-state index contributed by atoms with van der Waals surface area (Å²) in [6, 6.07) is 10.3. The summed E-state index contributed by atoms with van der Waals surface area (Å²) in [4.78, 5) is 19.4. The average molecular weight is 502 g/mol. The number of imidazole rings is 1. The lowest BCUT2D eigenvalue weighted by atomic mass is 9.83. The van der Waals surface area contributed by atoms with E-state index in [1.807, 2.05) is 54.3 Å². The molecule has 0 atom stereocenters. The van der Waals surface area contributed by atoms with Crippen molar-refractivity contribution >= 4 is 33.7 Å². The van der Waals surface area contributed by atoms with E-state index in [1.165, 1.54) is 0 Å². The van der Waals surface area contributed by atoms with Gasteiger partial charge in [0, 0.05) is 37.0 Å². The van der Waals surface area contributed by atoms with Crippen molar-refractivity contribution in [2.75, 3.05) is 13.1 Å². The van der Waals surface area contributed by atoms with Crippen LogP contribution in [0.2, 0.25) is 5.02 Å². The number of nitrogens with zero attached hydrogens (tertiary/aromatic N) is 6. The molecule has 9 nitrogen and oxygen atoms in total. The van der Waals surface area contributed by atoms with Crippen LogP contribution in [-0.2, 0) is 0 Å². The third kappa shape index (κ3) is 3.71. The summed E-state index contributed by atoms with van der Waals surface area (Å²) in [7, 11) is 0. The fraction of sp³-hybridized carbons (Fsp3) is 0.308. The number of ether oxygens (including phenoxy) is 1. The first kappa shape index (κ1) is 21.7. The van der Waals surface area contributed by atoms with E-state index in [4.69, 9.17) is 21.3 Å². The van der Waals surface area contributed by atoms with Gasteiger partial charge in [-0.1, -0.05) is 11.6 Å². The van der Waals surface area contributed by atoms with E-state index in [2.05, 4.69) is 25.0 Å². The van der Waals surface area contributed by atoms with Crippen LogP contribution in [0.1, 0.15) is 24.7 Å². The third-order valence-corrected chi connectivity index (χ3v) is 7.55. The number of hydrogen-bond acceptors (Lipinski definition) is 7. The largest absolute Gasteiger partial charge is 0.456 e. The molecule has 1 aliphatic carbocycles. The van der Waals surface area contributed by atoms with Gasteiger partial charge in [0.05, 0.1) is 46.8 Å². The average Bonchev–Trinajstić information content (AvgIpc) is 3.44. The monoisotopic (exact) mass is 501 g/mol. The Morgan fingerprint density at radius 2 is 1.89 bits per heavy atom. The normalized spacial score (nSPS) is 20.5. The van der Waals surface area contributed by atoms with Crippen LogP contribution < -0.4 is 4.74 Å². The first-order valence-electron chi connectivity index (χ1n) is 12.1. The van der Waals surface area contributed by atoms with Crippen LogP contribution in [0.5, 0.6) is 11.5 Å². The fourth-order valence-electron chi connectivity index (χ4n) is 5.08. The molecule has 0 spiro atoms. The molecule has 5 aromatic rings. The molecule has 36 heavy (non-hydrogen) atoms. The maximum absolute atomic E-state index is 9.53. The number of aliphatic hydroxyl groups is 1. The highest BCUT2D eigenvalue weighted by atomic mass is 35.5. The Labute approximate surface area is 211 Å². The highest BCUT2D eigenvalue weighted by molar-refractivity contribution is 6.36. The van der Waals surface area contributed by atoms with Gasteiger partial charge in [-0.05, 0) is 44.0 Å². The number of aromatic nitrogens is 6. The van der Waals surface area contributed by atoms with E-state index in [0.717, 1.165) is 48.4 Å². The fourth-order valence-corrected chi connectivity index (χ4v) is 5.32. The van der Waals surface area contributed by atoms with Gasteiger partial charge in [-0.15, -0.1) is 0 Å². The van der Waals surface area contributed by atoms with Gasteiger partial charge in [-0.25, -0.2) is 9.97 Å². The van der Waals surface area contributed by atoms with E-state index >= 15 is 0 Å². The van der Waals surface area contributed by atoms with E-state index in [0.29, 0.717) is 45.3 Å². The molecule has 182 valence electrons. The maximum Gasteiger partial charge on any atom is 0.148 e. The van der Waals surface area contributed by atoms with E-state index in [1.54, 1.807) is 6.20 Å². The number of aryl methyl sites for hydroxylation is 1. The van der Waals surface area contributed by atoms with Crippen molar-refractivity contribution in [3.8, 4) is 22.8 Å². The molecule has 1 saturated carbocycles. The Balaban J connectivity index is 1.12. The lowest BCUT2D eigenvalue weighted by Crippen LogP contribution is -2.59. The first-order chi connectivity index (χ1) is 17.5. The van der Waals surface area contributed by atoms with Gasteiger partial charge in [0.1, 0.15) is 27.9 Å². The molecule has 0 unspecified atom stereocenters. The summed E-state index contributed by atoms with van der Waals surface area (Å²) < 4.78 is 8.12. The van der Waals surface area contributed by atoms with Crippen molar-refractivity contribution in [1.29, 1.82) is 0 Å². The zero-order valence-corrected chi connectivity index (χ0v) is 20.4. The van der Waals surface area contributed by atoms with Crippen molar-refractivity contribution < 1.29 is 9.84 Å².